The quantitative estimate of drug-likeness (QED) is 0.655. The van der Waals surface area contributed by atoms with Gasteiger partial charge < -0.3 is 0 Å². The van der Waals surface area contributed by atoms with Crippen LogP contribution < -0.4 is 0 Å². The van der Waals surface area contributed by atoms with Gasteiger partial charge in [-0.1, -0.05) is 17.7 Å². The summed E-state index contributed by atoms with van der Waals surface area (Å²) in [6.07, 6.45) is 2.03. The van der Waals surface area contributed by atoms with Crippen molar-refractivity contribution in [3.8, 4) is 0 Å². The van der Waals surface area contributed by atoms with E-state index in [-0.39, 0.29) is 0 Å². The van der Waals surface area contributed by atoms with Gasteiger partial charge in [-0.3, -0.25) is 0 Å². The Morgan fingerprint density at radius 1 is 1.25 bits per heavy atom. The summed E-state index contributed by atoms with van der Waals surface area (Å²) in [5.41, 5.74) is 2.49. The Labute approximate surface area is 83.5 Å². The monoisotopic (exact) mass is 202 g/mol. The summed E-state index contributed by atoms with van der Waals surface area (Å²) in [5.74, 6) is 0.714. The van der Waals surface area contributed by atoms with Crippen LogP contribution in [0.15, 0.2) is 18.2 Å². The average Bonchev–Trinajstić information content (AvgIpc) is 1.99. The molecule has 0 nitrogen and oxygen atoms in total. The third-order valence-corrected chi connectivity index (χ3v) is 2.19. The molecule has 1 aromatic rings. The first kappa shape index (κ1) is 9.88. The third-order valence-electron chi connectivity index (χ3n) is 1.70. The van der Waals surface area contributed by atoms with E-state index in [1.165, 1.54) is 11.1 Å². The summed E-state index contributed by atoms with van der Waals surface area (Å²) in [7, 11) is 0. The van der Waals surface area contributed by atoms with E-state index in [0.717, 1.165) is 17.9 Å². The van der Waals surface area contributed by atoms with Crippen molar-refractivity contribution in [2.45, 2.75) is 19.8 Å². The van der Waals surface area contributed by atoms with Crippen molar-refractivity contribution in [3.05, 3.63) is 34.3 Å². The number of hydrogen-bond donors (Lipinski definition) is 0. The van der Waals surface area contributed by atoms with Crippen LogP contribution in [-0.2, 0) is 6.42 Å². The molecule has 0 saturated heterocycles. The van der Waals surface area contributed by atoms with Crippen LogP contribution in [-0.4, -0.2) is 5.88 Å². The minimum atomic E-state index is 0.714. The van der Waals surface area contributed by atoms with E-state index in [9.17, 15) is 0 Å². The standard InChI is InChI=1S/C10H12Cl2/c1-8-5-9(3-2-4-11)7-10(12)6-8/h5-7H,2-4H2,1H3. The highest BCUT2D eigenvalue weighted by atomic mass is 35.5. The van der Waals surface area contributed by atoms with Crippen molar-refractivity contribution in [1.29, 1.82) is 0 Å². The Balaban J connectivity index is 2.72. The highest BCUT2D eigenvalue weighted by Crippen LogP contribution is 2.15. The minimum absolute atomic E-state index is 0.714. The lowest BCUT2D eigenvalue weighted by Crippen LogP contribution is -1.87. The smallest absolute Gasteiger partial charge is 0.0411 e. The molecule has 0 spiro atoms. The summed E-state index contributed by atoms with van der Waals surface area (Å²) < 4.78 is 0. The third kappa shape index (κ3) is 3.04. The zero-order valence-corrected chi connectivity index (χ0v) is 8.62. The van der Waals surface area contributed by atoms with Crippen molar-refractivity contribution < 1.29 is 0 Å². The van der Waals surface area contributed by atoms with E-state index in [0.29, 0.717) is 5.88 Å². The molecule has 0 heterocycles. The lowest BCUT2D eigenvalue weighted by atomic mass is 10.1. The van der Waals surface area contributed by atoms with Crippen LogP contribution in [0.1, 0.15) is 17.5 Å². The molecule has 0 N–H and O–H groups in total. The summed E-state index contributed by atoms with van der Waals surface area (Å²) in [6, 6.07) is 6.12. The summed E-state index contributed by atoms with van der Waals surface area (Å²) in [5, 5.41) is 0.819. The molecular formula is C10H12Cl2. The van der Waals surface area contributed by atoms with Crippen LogP contribution in [0.25, 0.3) is 0 Å². The van der Waals surface area contributed by atoms with Crippen LogP contribution in [0.2, 0.25) is 5.02 Å². The zero-order valence-electron chi connectivity index (χ0n) is 7.11. The molecule has 0 bridgehead atoms. The molecule has 0 amide bonds. The Bertz CT molecular complexity index is 236. The van der Waals surface area contributed by atoms with E-state index in [1.54, 1.807) is 0 Å². The van der Waals surface area contributed by atoms with Gasteiger partial charge in [-0.05, 0) is 43.0 Å². The zero-order chi connectivity index (χ0) is 8.97. The van der Waals surface area contributed by atoms with Gasteiger partial charge in [0.2, 0.25) is 0 Å². The Hall–Kier alpha value is -0.200. The molecule has 0 aliphatic heterocycles. The molecule has 0 aliphatic carbocycles. The van der Waals surface area contributed by atoms with E-state index in [4.69, 9.17) is 23.2 Å². The molecule has 1 rings (SSSR count). The maximum absolute atomic E-state index is 5.90. The molecule has 66 valence electrons. The van der Waals surface area contributed by atoms with E-state index < -0.39 is 0 Å². The Morgan fingerprint density at radius 2 is 2.00 bits per heavy atom. The lowest BCUT2D eigenvalue weighted by molar-refractivity contribution is 0.927. The number of alkyl halides is 1. The normalized spacial score (nSPS) is 10.2. The molecule has 0 aromatic heterocycles. The van der Waals surface area contributed by atoms with Crippen molar-refractivity contribution in [2.24, 2.45) is 0 Å². The number of aryl methyl sites for hydroxylation is 2. The second-order valence-electron chi connectivity index (χ2n) is 2.93. The predicted molar refractivity (Wildman–Crippen MR) is 55.2 cm³/mol. The molecule has 1 aromatic carbocycles. The highest BCUT2D eigenvalue weighted by Gasteiger charge is 1.96. The molecule has 2 heteroatoms. The van der Waals surface area contributed by atoms with Crippen molar-refractivity contribution in [2.75, 3.05) is 5.88 Å². The van der Waals surface area contributed by atoms with Gasteiger partial charge in [-0.15, -0.1) is 11.6 Å². The molecule has 12 heavy (non-hydrogen) atoms. The molecule has 0 radical (unpaired) electrons. The van der Waals surface area contributed by atoms with Crippen LogP contribution in [0.5, 0.6) is 0 Å². The predicted octanol–water partition coefficient (Wildman–Crippen LogP) is 3.82. The van der Waals surface area contributed by atoms with Crippen molar-refractivity contribution >= 4 is 23.2 Å². The van der Waals surface area contributed by atoms with Gasteiger partial charge >= 0.3 is 0 Å². The number of benzene rings is 1. The summed E-state index contributed by atoms with van der Waals surface area (Å²) >= 11 is 11.5. The van der Waals surface area contributed by atoms with E-state index in [2.05, 4.69) is 13.0 Å². The number of rotatable bonds is 3. The fourth-order valence-electron chi connectivity index (χ4n) is 1.23. The molecular weight excluding hydrogens is 191 g/mol. The molecule has 0 aliphatic rings. The van der Waals surface area contributed by atoms with Gasteiger partial charge in [0.1, 0.15) is 0 Å². The fourth-order valence-corrected chi connectivity index (χ4v) is 1.67. The Kier molecular flexibility index (Phi) is 3.90. The summed E-state index contributed by atoms with van der Waals surface area (Å²) in [4.78, 5) is 0. The maximum atomic E-state index is 5.90. The largest absolute Gasteiger partial charge is 0.127 e. The number of hydrogen-bond acceptors (Lipinski definition) is 0. The second-order valence-corrected chi connectivity index (χ2v) is 3.74. The topological polar surface area (TPSA) is 0 Å². The SMILES string of the molecule is Cc1cc(Cl)cc(CCCCl)c1. The highest BCUT2D eigenvalue weighted by molar-refractivity contribution is 6.30. The molecule has 0 fully saturated rings. The average molecular weight is 203 g/mol. The van der Waals surface area contributed by atoms with Crippen LogP contribution in [0.3, 0.4) is 0 Å². The van der Waals surface area contributed by atoms with Crippen LogP contribution in [0, 0.1) is 6.92 Å². The van der Waals surface area contributed by atoms with E-state index in [1.807, 2.05) is 12.1 Å². The van der Waals surface area contributed by atoms with Gasteiger partial charge in [0.25, 0.3) is 0 Å². The van der Waals surface area contributed by atoms with E-state index >= 15 is 0 Å². The van der Waals surface area contributed by atoms with Gasteiger partial charge in [0, 0.05) is 10.9 Å². The van der Waals surface area contributed by atoms with Gasteiger partial charge in [0.05, 0.1) is 0 Å². The van der Waals surface area contributed by atoms with Crippen molar-refractivity contribution in [3.63, 3.8) is 0 Å². The molecule has 0 atom stereocenters. The first-order valence-corrected chi connectivity index (χ1v) is 4.95. The number of halogens is 2. The fraction of sp³-hybridized carbons (Fsp3) is 0.400. The lowest BCUT2D eigenvalue weighted by Gasteiger charge is -2.01. The van der Waals surface area contributed by atoms with Crippen LogP contribution >= 0.6 is 23.2 Å². The Morgan fingerprint density at radius 3 is 2.58 bits per heavy atom. The molecule has 0 unspecified atom stereocenters. The molecule has 0 saturated carbocycles. The van der Waals surface area contributed by atoms with Gasteiger partial charge in [-0.25, -0.2) is 0 Å². The minimum Gasteiger partial charge on any atom is -0.127 e. The van der Waals surface area contributed by atoms with Gasteiger partial charge in [0.15, 0.2) is 0 Å². The first-order valence-electron chi connectivity index (χ1n) is 4.04. The maximum Gasteiger partial charge on any atom is 0.0411 e. The second kappa shape index (κ2) is 4.74. The first-order chi connectivity index (χ1) is 5.72. The van der Waals surface area contributed by atoms with Gasteiger partial charge in [-0.2, -0.15) is 0 Å². The van der Waals surface area contributed by atoms with Crippen LogP contribution in [0.4, 0.5) is 0 Å². The van der Waals surface area contributed by atoms with Crippen molar-refractivity contribution in [1.82, 2.24) is 0 Å². The summed E-state index contributed by atoms with van der Waals surface area (Å²) in [6.45, 7) is 2.05.